The summed E-state index contributed by atoms with van der Waals surface area (Å²) >= 11 is 5.93. The minimum absolute atomic E-state index is 0.178. The van der Waals surface area contributed by atoms with E-state index in [9.17, 15) is 4.79 Å². The Kier molecular flexibility index (Phi) is 5.37. The molecule has 1 unspecified atom stereocenters. The molecule has 1 atom stereocenters. The lowest BCUT2D eigenvalue weighted by Crippen LogP contribution is -2.44. The Bertz CT molecular complexity index is 492. The zero-order valence-electron chi connectivity index (χ0n) is 13.1. The van der Waals surface area contributed by atoms with Crippen LogP contribution in [-0.4, -0.2) is 37.0 Å². The van der Waals surface area contributed by atoms with Crippen LogP contribution in [0.4, 0.5) is 0 Å². The van der Waals surface area contributed by atoms with Crippen LogP contribution in [0.5, 0.6) is 0 Å². The lowest BCUT2D eigenvalue weighted by molar-refractivity contribution is -0.136. The van der Waals surface area contributed by atoms with Crippen molar-refractivity contribution in [1.82, 2.24) is 10.2 Å². The molecule has 22 heavy (non-hydrogen) atoms. The third-order valence-corrected chi connectivity index (χ3v) is 4.97. The lowest BCUT2D eigenvalue weighted by Gasteiger charge is -2.30. The third-order valence-electron chi connectivity index (χ3n) is 4.72. The molecule has 1 aromatic rings. The number of hydrogen-bond donors (Lipinski definition) is 1. The molecular formula is C18H25ClN2O. The second kappa shape index (κ2) is 7.47. The number of rotatable bonds is 6. The first-order chi connectivity index (χ1) is 10.7. The fourth-order valence-corrected chi connectivity index (χ4v) is 3.27. The van der Waals surface area contributed by atoms with Crippen LogP contribution in [0.1, 0.15) is 31.2 Å². The van der Waals surface area contributed by atoms with Gasteiger partial charge in [-0.1, -0.05) is 23.7 Å². The lowest BCUT2D eigenvalue weighted by atomic mass is 9.97. The van der Waals surface area contributed by atoms with E-state index < -0.39 is 0 Å². The Morgan fingerprint density at radius 2 is 2.00 bits per heavy atom. The highest BCUT2D eigenvalue weighted by Crippen LogP contribution is 2.30. The van der Waals surface area contributed by atoms with Crippen LogP contribution in [0.25, 0.3) is 0 Å². The maximum Gasteiger partial charge on any atom is 0.226 e. The molecule has 1 N–H and O–H groups in total. The molecule has 1 aliphatic carbocycles. The summed E-state index contributed by atoms with van der Waals surface area (Å²) in [5.74, 6) is 1.27. The second-order valence-electron chi connectivity index (χ2n) is 6.65. The van der Waals surface area contributed by atoms with E-state index in [1.165, 1.54) is 18.4 Å². The van der Waals surface area contributed by atoms with Gasteiger partial charge in [-0.25, -0.2) is 0 Å². The van der Waals surface area contributed by atoms with Gasteiger partial charge in [0.2, 0.25) is 5.91 Å². The number of halogens is 1. The molecule has 2 aliphatic rings. The van der Waals surface area contributed by atoms with Gasteiger partial charge in [-0.05, 0) is 62.3 Å². The predicted octanol–water partition coefficient (Wildman–Crippen LogP) is 3.12. The topological polar surface area (TPSA) is 32.3 Å². The van der Waals surface area contributed by atoms with Crippen molar-refractivity contribution >= 4 is 17.5 Å². The third kappa shape index (κ3) is 4.47. The Labute approximate surface area is 138 Å². The average Bonchev–Trinajstić information content (AvgIpc) is 3.37. The minimum Gasteiger partial charge on any atom is -0.342 e. The SMILES string of the molecule is O=C(C1CCCNC1)N(CCc1ccc(Cl)cc1)CC1CC1. The zero-order chi connectivity index (χ0) is 15.4. The monoisotopic (exact) mass is 320 g/mol. The van der Waals surface area contributed by atoms with Gasteiger partial charge >= 0.3 is 0 Å². The van der Waals surface area contributed by atoms with Gasteiger partial charge < -0.3 is 10.2 Å². The standard InChI is InChI=1S/C18H25ClN2O/c19-17-7-5-14(6-8-17)9-11-21(13-15-3-4-15)18(22)16-2-1-10-20-12-16/h5-8,15-16,20H,1-4,9-13H2. The van der Waals surface area contributed by atoms with Crippen molar-refractivity contribution in [2.75, 3.05) is 26.2 Å². The Morgan fingerprint density at radius 3 is 2.64 bits per heavy atom. The molecule has 1 aliphatic heterocycles. The van der Waals surface area contributed by atoms with Crippen molar-refractivity contribution in [2.24, 2.45) is 11.8 Å². The fourth-order valence-electron chi connectivity index (χ4n) is 3.14. The van der Waals surface area contributed by atoms with Crippen LogP contribution >= 0.6 is 11.6 Å². The van der Waals surface area contributed by atoms with Crippen molar-refractivity contribution in [1.29, 1.82) is 0 Å². The van der Waals surface area contributed by atoms with Crippen LogP contribution in [-0.2, 0) is 11.2 Å². The summed E-state index contributed by atoms with van der Waals surface area (Å²) in [5, 5.41) is 4.12. The van der Waals surface area contributed by atoms with Gasteiger partial charge in [-0.3, -0.25) is 4.79 Å². The summed E-state index contributed by atoms with van der Waals surface area (Å²) in [5.41, 5.74) is 1.25. The molecule has 1 saturated carbocycles. The van der Waals surface area contributed by atoms with E-state index in [1.807, 2.05) is 12.1 Å². The molecule has 0 aromatic heterocycles. The molecule has 2 fully saturated rings. The Morgan fingerprint density at radius 1 is 1.23 bits per heavy atom. The van der Waals surface area contributed by atoms with Crippen molar-refractivity contribution in [3.63, 3.8) is 0 Å². The number of carbonyl (C=O) groups is 1. The van der Waals surface area contributed by atoms with Crippen molar-refractivity contribution in [3.05, 3.63) is 34.9 Å². The highest BCUT2D eigenvalue weighted by molar-refractivity contribution is 6.30. The van der Waals surface area contributed by atoms with Crippen molar-refractivity contribution in [2.45, 2.75) is 32.1 Å². The van der Waals surface area contributed by atoms with Crippen molar-refractivity contribution < 1.29 is 4.79 Å². The van der Waals surface area contributed by atoms with E-state index in [-0.39, 0.29) is 5.92 Å². The quantitative estimate of drug-likeness (QED) is 0.873. The molecule has 1 aromatic carbocycles. The number of benzene rings is 1. The number of carbonyl (C=O) groups excluding carboxylic acids is 1. The highest BCUT2D eigenvalue weighted by Gasteiger charge is 2.30. The first kappa shape index (κ1) is 15.8. The first-order valence-electron chi connectivity index (χ1n) is 8.46. The van der Waals surface area contributed by atoms with E-state index >= 15 is 0 Å². The number of amides is 1. The maximum absolute atomic E-state index is 12.8. The molecule has 3 nitrogen and oxygen atoms in total. The van der Waals surface area contributed by atoms with Crippen LogP contribution in [0.15, 0.2) is 24.3 Å². The highest BCUT2D eigenvalue weighted by atomic mass is 35.5. The van der Waals surface area contributed by atoms with Crippen LogP contribution in [0.3, 0.4) is 0 Å². The summed E-state index contributed by atoms with van der Waals surface area (Å²) < 4.78 is 0. The molecule has 1 saturated heterocycles. The molecule has 1 amide bonds. The van der Waals surface area contributed by atoms with E-state index in [0.717, 1.165) is 56.4 Å². The normalized spacial score (nSPS) is 21.6. The van der Waals surface area contributed by atoms with Crippen molar-refractivity contribution in [3.8, 4) is 0 Å². The molecular weight excluding hydrogens is 296 g/mol. The van der Waals surface area contributed by atoms with E-state index in [1.54, 1.807) is 0 Å². The van der Waals surface area contributed by atoms with E-state index in [4.69, 9.17) is 11.6 Å². The van der Waals surface area contributed by atoms with Gasteiger partial charge in [0.15, 0.2) is 0 Å². The maximum atomic E-state index is 12.8. The fraction of sp³-hybridized carbons (Fsp3) is 0.611. The Hall–Kier alpha value is -1.06. The summed E-state index contributed by atoms with van der Waals surface area (Å²) in [6, 6.07) is 7.97. The summed E-state index contributed by atoms with van der Waals surface area (Å²) in [6.45, 7) is 3.68. The van der Waals surface area contributed by atoms with Crippen LogP contribution < -0.4 is 5.32 Å². The predicted molar refractivity (Wildman–Crippen MR) is 90.1 cm³/mol. The Balaban J connectivity index is 1.58. The molecule has 4 heteroatoms. The molecule has 0 bridgehead atoms. The molecule has 0 radical (unpaired) electrons. The van der Waals surface area contributed by atoms with Gasteiger partial charge in [0.05, 0.1) is 5.92 Å². The summed E-state index contributed by atoms with van der Waals surface area (Å²) in [4.78, 5) is 14.9. The summed E-state index contributed by atoms with van der Waals surface area (Å²) in [6.07, 6.45) is 5.63. The van der Waals surface area contributed by atoms with Gasteiger partial charge in [-0.2, -0.15) is 0 Å². The molecule has 1 heterocycles. The van der Waals surface area contributed by atoms with Crippen LogP contribution in [0.2, 0.25) is 5.02 Å². The molecule has 3 rings (SSSR count). The first-order valence-corrected chi connectivity index (χ1v) is 8.84. The number of nitrogens with zero attached hydrogens (tertiary/aromatic N) is 1. The van der Waals surface area contributed by atoms with Crippen LogP contribution in [0, 0.1) is 11.8 Å². The number of piperidine rings is 1. The zero-order valence-corrected chi connectivity index (χ0v) is 13.8. The molecule has 120 valence electrons. The van der Waals surface area contributed by atoms with Gasteiger partial charge in [0.1, 0.15) is 0 Å². The largest absolute Gasteiger partial charge is 0.342 e. The van der Waals surface area contributed by atoms with E-state index in [0.29, 0.717) is 5.91 Å². The second-order valence-corrected chi connectivity index (χ2v) is 7.08. The summed E-state index contributed by atoms with van der Waals surface area (Å²) in [7, 11) is 0. The average molecular weight is 321 g/mol. The van der Waals surface area contributed by atoms with Gasteiger partial charge in [-0.15, -0.1) is 0 Å². The van der Waals surface area contributed by atoms with Gasteiger partial charge in [0.25, 0.3) is 0 Å². The van der Waals surface area contributed by atoms with E-state index in [2.05, 4.69) is 22.3 Å². The minimum atomic E-state index is 0.178. The number of nitrogens with one attached hydrogen (secondary N) is 1. The molecule has 0 spiro atoms. The number of hydrogen-bond acceptors (Lipinski definition) is 2. The smallest absolute Gasteiger partial charge is 0.226 e. The van der Waals surface area contributed by atoms with Gasteiger partial charge in [0, 0.05) is 24.7 Å².